The first kappa shape index (κ1) is 15.6. The number of carbonyl (C=O) groups excluding carboxylic acids is 1. The molecule has 0 radical (unpaired) electrons. The molecule has 1 aliphatic heterocycles. The number of hydrogen-bond acceptors (Lipinski definition) is 4. The molecule has 1 atom stereocenters. The third-order valence-electron chi connectivity index (χ3n) is 4.08. The molecule has 5 nitrogen and oxygen atoms in total. The molecule has 23 heavy (non-hydrogen) atoms. The van der Waals surface area contributed by atoms with E-state index >= 15 is 0 Å². The predicted octanol–water partition coefficient (Wildman–Crippen LogP) is 3.15. The minimum absolute atomic E-state index is 0.0932. The summed E-state index contributed by atoms with van der Waals surface area (Å²) in [5.41, 5.74) is 0. The van der Waals surface area contributed by atoms with Gasteiger partial charge in [-0.05, 0) is 63.2 Å². The number of aryl methyl sites for hydroxylation is 1. The Bertz CT molecular complexity index is 652. The first-order valence-electron chi connectivity index (χ1n) is 8.02. The van der Waals surface area contributed by atoms with Crippen LogP contribution in [0.15, 0.2) is 45.4 Å². The number of carbonyl (C=O) groups is 1. The molecule has 1 aliphatic rings. The van der Waals surface area contributed by atoms with E-state index in [1.165, 1.54) is 18.9 Å². The monoisotopic (exact) mass is 314 g/mol. The lowest BCUT2D eigenvalue weighted by molar-refractivity contribution is -0.116. The lowest BCUT2D eigenvalue weighted by Crippen LogP contribution is -2.36. The Morgan fingerprint density at radius 3 is 2.83 bits per heavy atom. The molecule has 3 heterocycles. The number of rotatable bonds is 6. The van der Waals surface area contributed by atoms with Crippen molar-refractivity contribution in [2.24, 2.45) is 0 Å². The van der Waals surface area contributed by atoms with Gasteiger partial charge in [0.1, 0.15) is 17.3 Å². The highest BCUT2D eigenvalue weighted by Crippen LogP contribution is 2.24. The Hall–Kier alpha value is -2.27. The second-order valence-corrected chi connectivity index (χ2v) is 5.80. The highest BCUT2D eigenvalue weighted by Gasteiger charge is 2.25. The van der Waals surface area contributed by atoms with Gasteiger partial charge in [-0.3, -0.25) is 9.69 Å². The minimum Gasteiger partial charge on any atom is -0.468 e. The molecule has 5 heteroatoms. The molecule has 0 aromatic carbocycles. The van der Waals surface area contributed by atoms with Crippen LogP contribution in [0.3, 0.4) is 0 Å². The maximum atomic E-state index is 12.0. The van der Waals surface area contributed by atoms with Crippen molar-refractivity contribution in [1.29, 1.82) is 0 Å². The fourth-order valence-electron chi connectivity index (χ4n) is 2.90. The fourth-order valence-corrected chi connectivity index (χ4v) is 2.90. The highest BCUT2D eigenvalue weighted by atomic mass is 16.3. The lowest BCUT2D eigenvalue weighted by Gasteiger charge is -2.25. The second kappa shape index (κ2) is 7.33. The summed E-state index contributed by atoms with van der Waals surface area (Å²) < 4.78 is 11.0. The molecule has 1 amide bonds. The van der Waals surface area contributed by atoms with Crippen LogP contribution in [0.5, 0.6) is 0 Å². The lowest BCUT2D eigenvalue weighted by atomic mass is 10.2. The van der Waals surface area contributed by atoms with Crippen molar-refractivity contribution in [2.75, 3.05) is 19.6 Å². The van der Waals surface area contributed by atoms with E-state index in [4.69, 9.17) is 8.83 Å². The fraction of sp³-hybridized carbons (Fsp3) is 0.389. The summed E-state index contributed by atoms with van der Waals surface area (Å²) in [6.45, 7) is 4.50. The zero-order valence-corrected chi connectivity index (χ0v) is 13.3. The smallest absolute Gasteiger partial charge is 0.244 e. The van der Waals surface area contributed by atoms with Gasteiger partial charge in [0.15, 0.2) is 0 Å². The Labute approximate surface area is 136 Å². The summed E-state index contributed by atoms with van der Waals surface area (Å²) in [5, 5.41) is 2.96. The standard InChI is InChI=1S/C18H22N2O3/c1-14-6-7-15(23-14)8-9-18(21)19-13-16(17-5-4-12-22-17)20-10-2-3-11-20/h4-9,12,16H,2-3,10-11,13H2,1H3,(H,19,21)/b9-8+. The van der Waals surface area contributed by atoms with E-state index in [2.05, 4.69) is 10.2 Å². The summed E-state index contributed by atoms with van der Waals surface area (Å²) in [6, 6.07) is 7.67. The molecular formula is C18H22N2O3. The molecule has 0 spiro atoms. The Morgan fingerprint density at radius 2 is 2.17 bits per heavy atom. The van der Waals surface area contributed by atoms with Crippen LogP contribution < -0.4 is 5.32 Å². The van der Waals surface area contributed by atoms with Crippen molar-refractivity contribution in [3.8, 4) is 0 Å². The molecule has 1 fully saturated rings. The molecule has 3 rings (SSSR count). The molecule has 1 saturated heterocycles. The van der Waals surface area contributed by atoms with E-state index in [0.717, 1.165) is 24.6 Å². The molecule has 0 bridgehead atoms. The van der Waals surface area contributed by atoms with Crippen molar-refractivity contribution in [3.63, 3.8) is 0 Å². The van der Waals surface area contributed by atoms with Crippen LogP contribution in [-0.4, -0.2) is 30.4 Å². The van der Waals surface area contributed by atoms with E-state index in [9.17, 15) is 4.79 Å². The van der Waals surface area contributed by atoms with Crippen LogP contribution in [0, 0.1) is 6.92 Å². The molecular weight excluding hydrogens is 292 g/mol. The predicted molar refractivity (Wildman–Crippen MR) is 87.7 cm³/mol. The number of amides is 1. The van der Waals surface area contributed by atoms with Gasteiger partial charge in [0.25, 0.3) is 0 Å². The first-order chi connectivity index (χ1) is 11.2. The molecule has 0 aliphatic carbocycles. The third-order valence-corrected chi connectivity index (χ3v) is 4.08. The Balaban J connectivity index is 1.57. The maximum Gasteiger partial charge on any atom is 0.244 e. The molecule has 122 valence electrons. The van der Waals surface area contributed by atoms with Crippen molar-refractivity contribution >= 4 is 12.0 Å². The first-order valence-corrected chi connectivity index (χ1v) is 8.02. The van der Waals surface area contributed by atoms with Crippen LogP contribution in [0.1, 0.15) is 36.2 Å². The average molecular weight is 314 g/mol. The van der Waals surface area contributed by atoms with Gasteiger partial charge < -0.3 is 14.2 Å². The van der Waals surface area contributed by atoms with Gasteiger partial charge in [0.05, 0.1) is 12.3 Å². The van der Waals surface area contributed by atoms with Gasteiger partial charge in [0.2, 0.25) is 5.91 Å². The van der Waals surface area contributed by atoms with Gasteiger partial charge in [-0.1, -0.05) is 0 Å². The van der Waals surface area contributed by atoms with Crippen molar-refractivity contribution in [3.05, 3.63) is 53.9 Å². The van der Waals surface area contributed by atoms with Gasteiger partial charge in [0, 0.05) is 12.6 Å². The number of furan rings is 2. The quantitative estimate of drug-likeness (QED) is 0.832. The van der Waals surface area contributed by atoms with Crippen LogP contribution >= 0.6 is 0 Å². The van der Waals surface area contributed by atoms with E-state index in [-0.39, 0.29) is 11.9 Å². The summed E-state index contributed by atoms with van der Waals surface area (Å²) in [4.78, 5) is 14.4. The van der Waals surface area contributed by atoms with Crippen molar-refractivity contribution in [1.82, 2.24) is 10.2 Å². The molecule has 2 aromatic rings. The van der Waals surface area contributed by atoms with Crippen molar-refractivity contribution < 1.29 is 13.6 Å². The summed E-state index contributed by atoms with van der Waals surface area (Å²) >= 11 is 0. The third kappa shape index (κ3) is 4.13. The maximum absolute atomic E-state index is 12.0. The van der Waals surface area contributed by atoms with Gasteiger partial charge in [-0.15, -0.1) is 0 Å². The zero-order chi connectivity index (χ0) is 16.1. The van der Waals surface area contributed by atoms with Crippen LogP contribution in [0.4, 0.5) is 0 Å². The molecule has 2 aromatic heterocycles. The molecule has 1 N–H and O–H groups in total. The zero-order valence-electron chi connectivity index (χ0n) is 13.3. The average Bonchev–Trinajstić information content (AvgIpc) is 3.28. The van der Waals surface area contributed by atoms with Gasteiger partial charge in [-0.2, -0.15) is 0 Å². The van der Waals surface area contributed by atoms with Crippen LogP contribution in [0.2, 0.25) is 0 Å². The summed E-state index contributed by atoms with van der Waals surface area (Å²) in [6.07, 6.45) is 7.26. The van der Waals surface area contributed by atoms with E-state index in [1.54, 1.807) is 12.3 Å². The van der Waals surface area contributed by atoms with E-state index in [1.807, 2.05) is 31.2 Å². The Morgan fingerprint density at radius 1 is 1.35 bits per heavy atom. The number of hydrogen-bond donors (Lipinski definition) is 1. The number of nitrogens with zero attached hydrogens (tertiary/aromatic N) is 1. The summed E-state index contributed by atoms with van der Waals surface area (Å²) in [7, 11) is 0. The van der Waals surface area contributed by atoms with E-state index in [0.29, 0.717) is 12.3 Å². The largest absolute Gasteiger partial charge is 0.468 e. The normalized spacial score (nSPS) is 16.9. The number of likely N-dealkylation sites (tertiary alicyclic amines) is 1. The topological polar surface area (TPSA) is 58.6 Å². The summed E-state index contributed by atoms with van der Waals surface area (Å²) in [5.74, 6) is 2.28. The second-order valence-electron chi connectivity index (χ2n) is 5.80. The number of nitrogens with one attached hydrogen (secondary N) is 1. The minimum atomic E-state index is -0.130. The Kier molecular flexibility index (Phi) is 4.98. The molecule has 1 unspecified atom stereocenters. The van der Waals surface area contributed by atoms with Gasteiger partial charge in [-0.25, -0.2) is 0 Å². The van der Waals surface area contributed by atoms with Gasteiger partial charge >= 0.3 is 0 Å². The van der Waals surface area contributed by atoms with Crippen molar-refractivity contribution in [2.45, 2.75) is 25.8 Å². The van der Waals surface area contributed by atoms with Crippen LogP contribution in [0.25, 0.3) is 6.08 Å². The van der Waals surface area contributed by atoms with Crippen LogP contribution in [-0.2, 0) is 4.79 Å². The highest BCUT2D eigenvalue weighted by molar-refractivity contribution is 5.91. The van der Waals surface area contributed by atoms with E-state index < -0.39 is 0 Å². The SMILES string of the molecule is Cc1ccc(/C=C/C(=O)NCC(c2ccco2)N2CCCC2)o1. The molecule has 0 saturated carbocycles.